The summed E-state index contributed by atoms with van der Waals surface area (Å²) in [6, 6.07) is 5.15. The Hall–Kier alpha value is -1.11. The number of hydrogen-bond acceptors (Lipinski definition) is 0. The first-order valence-corrected chi connectivity index (χ1v) is 5.51. The van der Waals surface area contributed by atoms with Gasteiger partial charge in [-0.25, -0.2) is 0 Å². The van der Waals surface area contributed by atoms with Gasteiger partial charge >= 0.3 is 0 Å². The Bertz CT molecular complexity index is 635. The Morgan fingerprint density at radius 2 is 1.00 bits per heavy atom. The van der Waals surface area contributed by atoms with Crippen molar-refractivity contribution >= 4 is 93.2 Å². The summed E-state index contributed by atoms with van der Waals surface area (Å²) >= 11 is 0. The fraction of sp³-hybridized carbons (Fsp3) is 0. The average Bonchev–Trinajstić information content (AvgIpc) is 2.39. The third-order valence-corrected chi connectivity index (χ3v) is 3.11. The van der Waals surface area contributed by atoms with Crippen molar-refractivity contribution in [3.05, 3.63) is 18.2 Å². The van der Waals surface area contributed by atoms with Crippen molar-refractivity contribution in [1.29, 1.82) is 0 Å². The predicted octanol–water partition coefficient (Wildman–Crippen LogP) is -5.09. The molecule has 0 saturated heterocycles. The number of hydrogen-bond donors (Lipinski definition) is 0. The lowest BCUT2D eigenvalue weighted by atomic mass is 9.59. The second-order valence-corrected chi connectivity index (χ2v) is 4.25. The molecule has 0 unspecified atom stereocenters. The standard InChI is InChI=1S/C12H3B7/c13-5-3-1-2-4(7(5)14)6-8(15)10(17)12(19)11(18)9(6)16/h1-3H. The number of rotatable bonds is 1. The molecule has 0 aliphatic heterocycles. The Morgan fingerprint density at radius 3 is 1.53 bits per heavy atom. The van der Waals surface area contributed by atoms with Crippen LogP contribution in [0.2, 0.25) is 0 Å². The van der Waals surface area contributed by atoms with E-state index >= 15 is 0 Å². The van der Waals surface area contributed by atoms with Crippen LogP contribution in [0.4, 0.5) is 0 Å². The molecule has 19 heavy (non-hydrogen) atoms. The third-order valence-electron chi connectivity index (χ3n) is 3.11. The molecular formula is C12H3B7. The van der Waals surface area contributed by atoms with Gasteiger partial charge in [-0.2, -0.15) is 0 Å². The first kappa shape index (κ1) is 14.3. The monoisotopic (exact) mass is 224 g/mol. The smallest absolute Gasteiger partial charge is 0.112 e. The maximum atomic E-state index is 5.97. The molecule has 0 aliphatic carbocycles. The lowest BCUT2D eigenvalue weighted by molar-refractivity contribution is 1.78. The maximum Gasteiger partial charge on any atom is 0.113 e. The van der Waals surface area contributed by atoms with Crippen molar-refractivity contribution in [1.82, 2.24) is 0 Å². The highest BCUT2D eigenvalue weighted by atomic mass is 14.1. The summed E-state index contributed by atoms with van der Waals surface area (Å²) in [6.07, 6.45) is 0. The normalized spacial score (nSPS) is 10.5. The average molecular weight is 223 g/mol. The predicted molar refractivity (Wildman–Crippen MR) is 89.6 cm³/mol. The van der Waals surface area contributed by atoms with Crippen LogP contribution in [-0.2, 0) is 0 Å². The van der Waals surface area contributed by atoms with Crippen LogP contribution < -0.4 is 38.2 Å². The molecule has 2 aromatic carbocycles. The van der Waals surface area contributed by atoms with Crippen LogP contribution in [0.15, 0.2) is 18.2 Å². The van der Waals surface area contributed by atoms with Gasteiger partial charge in [-0.3, -0.25) is 0 Å². The summed E-state index contributed by atoms with van der Waals surface area (Å²) in [5.41, 5.74) is 2.83. The molecule has 0 aliphatic rings. The highest BCUT2D eigenvalue weighted by Crippen LogP contribution is 2.08. The fourth-order valence-corrected chi connectivity index (χ4v) is 1.94. The van der Waals surface area contributed by atoms with Crippen LogP contribution >= 0.6 is 0 Å². The highest BCUT2D eigenvalue weighted by Gasteiger charge is 2.13. The van der Waals surface area contributed by atoms with E-state index in [0.717, 1.165) is 0 Å². The van der Waals surface area contributed by atoms with Gasteiger partial charge in [-0.05, 0) is 11.1 Å². The SMILES string of the molecule is [B]c1cccc(-c2c([B])c([B])c([B])c([B])c2[B])c1[B]. The van der Waals surface area contributed by atoms with Gasteiger partial charge in [0.25, 0.3) is 0 Å². The van der Waals surface area contributed by atoms with Crippen LogP contribution in [-0.4, -0.2) is 54.9 Å². The summed E-state index contributed by atoms with van der Waals surface area (Å²) in [5, 5.41) is 0. The van der Waals surface area contributed by atoms with E-state index in [0.29, 0.717) is 22.1 Å². The number of benzene rings is 2. The minimum Gasteiger partial charge on any atom is -0.112 e. The van der Waals surface area contributed by atoms with E-state index in [1.807, 2.05) is 0 Å². The summed E-state index contributed by atoms with van der Waals surface area (Å²) in [5.74, 6) is 0. The van der Waals surface area contributed by atoms with Crippen molar-refractivity contribution in [2.24, 2.45) is 0 Å². The summed E-state index contributed by atoms with van der Waals surface area (Å²) in [4.78, 5) is 0. The van der Waals surface area contributed by atoms with Crippen LogP contribution in [0.1, 0.15) is 0 Å². The molecule has 0 fully saturated rings. The van der Waals surface area contributed by atoms with E-state index in [1.54, 1.807) is 18.2 Å². The van der Waals surface area contributed by atoms with Crippen LogP contribution in [0.25, 0.3) is 11.1 Å². The van der Waals surface area contributed by atoms with Gasteiger partial charge < -0.3 is 0 Å². The van der Waals surface area contributed by atoms with E-state index < -0.39 is 0 Å². The molecule has 0 amide bonds. The molecule has 14 radical (unpaired) electrons. The Morgan fingerprint density at radius 1 is 0.526 bits per heavy atom. The molecule has 0 aromatic heterocycles. The van der Waals surface area contributed by atoms with E-state index in [1.165, 1.54) is 0 Å². The zero-order chi connectivity index (χ0) is 14.3. The first-order valence-electron chi connectivity index (χ1n) is 5.51. The summed E-state index contributed by atoms with van der Waals surface area (Å²) in [6.45, 7) is 0. The van der Waals surface area contributed by atoms with Crippen molar-refractivity contribution in [3.8, 4) is 11.1 Å². The molecule has 0 heterocycles. The Balaban J connectivity index is 2.87. The molecule has 2 rings (SSSR count). The van der Waals surface area contributed by atoms with Crippen molar-refractivity contribution in [3.63, 3.8) is 0 Å². The third kappa shape index (κ3) is 2.24. The topological polar surface area (TPSA) is 0 Å². The van der Waals surface area contributed by atoms with E-state index in [4.69, 9.17) is 54.9 Å². The lowest BCUT2D eigenvalue weighted by Crippen LogP contribution is -2.55. The Labute approximate surface area is 123 Å². The van der Waals surface area contributed by atoms with Crippen molar-refractivity contribution in [2.75, 3.05) is 0 Å². The molecule has 7 heteroatoms. The van der Waals surface area contributed by atoms with E-state index in [2.05, 4.69) is 0 Å². The van der Waals surface area contributed by atoms with Gasteiger partial charge in [0.1, 0.15) is 54.9 Å². The second kappa shape index (κ2) is 5.11. The van der Waals surface area contributed by atoms with Gasteiger partial charge in [0, 0.05) is 0 Å². The van der Waals surface area contributed by atoms with Crippen LogP contribution in [0.5, 0.6) is 0 Å². The Kier molecular flexibility index (Phi) is 3.85. The minimum absolute atomic E-state index is 0.168. The van der Waals surface area contributed by atoms with Gasteiger partial charge in [0.05, 0.1) is 0 Å². The van der Waals surface area contributed by atoms with Crippen molar-refractivity contribution in [2.45, 2.75) is 0 Å². The molecule has 0 spiro atoms. The molecule has 72 valence electrons. The molecule has 2 aromatic rings. The largest absolute Gasteiger partial charge is 0.113 e. The van der Waals surface area contributed by atoms with Gasteiger partial charge in [0.2, 0.25) is 0 Å². The molecule has 0 saturated carbocycles. The van der Waals surface area contributed by atoms with Gasteiger partial charge in [0.15, 0.2) is 0 Å². The zero-order valence-electron chi connectivity index (χ0n) is 10.3. The fourth-order valence-electron chi connectivity index (χ4n) is 1.94. The highest BCUT2D eigenvalue weighted by molar-refractivity contribution is 6.69. The molecule has 0 atom stereocenters. The first-order chi connectivity index (χ1) is 8.86. The molecule has 0 N–H and O–H groups in total. The zero-order valence-corrected chi connectivity index (χ0v) is 10.3. The van der Waals surface area contributed by atoms with Crippen LogP contribution in [0.3, 0.4) is 0 Å². The molecule has 0 bridgehead atoms. The van der Waals surface area contributed by atoms with Crippen LogP contribution in [0, 0.1) is 0 Å². The van der Waals surface area contributed by atoms with Crippen molar-refractivity contribution < 1.29 is 0 Å². The molecular weight excluding hydrogens is 220 g/mol. The second-order valence-electron chi connectivity index (χ2n) is 4.25. The minimum atomic E-state index is 0.168. The molecule has 0 nitrogen and oxygen atoms in total. The summed E-state index contributed by atoms with van der Waals surface area (Å²) < 4.78 is 0. The lowest BCUT2D eigenvalue weighted by Gasteiger charge is -2.23. The van der Waals surface area contributed by atoms with E-state index in [9.17, 15) is 0 Å². The van der Waals surface area contributed by atoms with Gasteiger partial charge in [-0.15, -0.1) is 21.9 Å². The summed E-state index contributed by atoms with van der Waals surface area (Å²) in [7, 11) is 41.0. The van der Waals surface area contributed by atoms with E-state index in [-0.39, 0.29) is 27.3 Å². The maximum absolute atomic E-state index is 5.97. The quantitative estimate of drug-likeness (QED) is 0.424. The van der Waals surface area contributed by atoms with Gasteiger partial charge in [-0.1, -0.05) is 34.6 Å².